The number of aliphatic hydroxyl groups excluding tert-OH is 1. The Morgan fingerprint density at radius 2 is 2.06 bits per heavy atom. The summed E-state index contributed by atoms with van der Waals surface area (Å²) in [4.78, 5) is 14.5. The second kappa shape index (κ2) is 6.18. The van der Waals surface area contributed by atoms with E-state index in [1.54, 1.807) is 17.0 Å². The van der Waals surface area contributed by atoms with Crippen LogP contribution in [-0.4, -0.2) is 54.0 Å². The maximum absolute atomic E-state index is 10.6. The topological polar surface area (TPSA) is 43.8 Å². The molecule has 0 spiro atoms. The highest BCUT2D eigenvalue weighted by molar-refractivity contribution is 6.30. The lowest BCUT2D eigenvalue weighted by atomic mass is 10.1. The van der Waals surface area contributed by atoms with E-state index >= 15 is 0 Å². The summed E-state index contributed by atoms with van der Waals surface area (Å²) in [5.41, 5.74) is 0.834. The minimum Gasteiger partial charge on any atom is -0.387 e. The van der Waals surface area contributed by atoms with Gasteiger partial charge in [0.15, 0.2) is 0 Å². The van der Waals surface area contributed by atoms with Crippen molar-refractivity contribution in [1.29, 1.82) is 0 Å². The predicted octanol–water partition coefficient (Wildman–Crippen LogP) is 1.15. The van der Waals surface area contributed by atoms with Gasteiger partial charge in [-0.2, -0.15) is 0 Å². The van der Waals surface area contributed by atoms with Gasteiger partial charge in [-0.25, -0.2) is 0 Å². The van der Waals surface area contributed by atoms with Crippen molar-refractivity contribution >= 4 is 18.0 Å². The van der Waals surface area contributed by atoms with Crippen LogP contribution in [0, 0.1) is 0 Å². The first-order chi connectivity index (χ1) is 8.69. The number of aliphatic hydroxyl groups is 1. The number of carbonyl (C=O) groups is 1. The maximum Gasteiger partial charge on any atom is 0.209 e. The van der Waals surface area contributed by atoms with Crippen LogP contribution in [0.2, 0.25) is 5.02 Å². The Hall–Kier alpha value is -1.10. The SMILES string of the molecule is O=CN1CCN(CC(O)c2cccc(Cl)c2)CC1. The van der Waals surface area contributed by atoms with Crippen molar-refractivity contribution in [2.24, 2.45) is 0 Å². The van der Waals surface area contributed by atoms with Gasteiger partial charge < -0.3 is 10.0 Å². The monoisotopic (exact) mass is 268 g/mol. The first-order valence-electron chi connectivity index (χ1n) is 6.04. The van der Waals surface area contributed by atoms with Crippen LogP contribution < -0.4 is 0 Å². The number of halogens is 1. The third-order valence-electron chi connectivity index (χ3n) is 3.22. The molecule has 1 amide bonds. The van der Waals surface area contributed by atoms with Crippen molar-refractivity contribution < 1.29 is 9.90 Å². The van der Waals surface area contributed by atoms with Crippen molar-refractivity contribution in [3.05, 3.63) is 34.9 Å². The summed E-state index contributed by atoms with van der Waals surface area (Å²) >= 11 is 5.90. The highest BCUT2D eigenvalue weighted by atomic mass is 35.5. The third-order valence-corrected chi connectivity index (χ3v) is 3.46. The smallest absolute Gasteiger partial charge is 0.209 e. The van der Waals surface area contributed by atoms with Gasteiger partial charge in [0.2, 0.25) is 6.41 Å². The number of hydrogen-bond donors (Lipinski definition) is 1. The summed E-state index contributed by atoms with van der Waals surface area (Å²) in [5, 5.41) is 10.8. The normalized spacial score (nSPS) is 18.7. The number of piperazine rings is 1. The number of carbonyl (C=O) groups excluding carboxylic acids is 1. The molecule has 1 N–H and O–H groups in total. The molecule has 98 valence electrons. The van der Waals surface area contributed by atoms with E-state index in [4.69, 9.17) is 11.6 Å². The van der Waals surface area contributed by atoms with Crippen molar-refractivity contribution in [2.45, 2.75) is 6.10 Å². The second-order valence-electron chi connectivity index (χ2n) is 4.51. The van der Waals surface area contributed by atoms with Gasteiger partial charge in [-0.15, -0.1) is 0 Å². The summed E-state index contributed by atoms with van der Waals surface area (Å²) in [7, 11) is 0. The predicted molar refractivity (Wildman–Crippen MR) is 70.5 cm³/mol. The van der Waals surface area contributed by atoms with E-state index in [-0.39, 0.29) is 0 Å². The van der Waals surface area contributed by atoms with Gasteiger partial charge in [-0.1, -0.05) is 23.7 Å². The van der Waals surface area contributed by atoms with Crippen LogP contribution in [0.15, 0.2) is 24.3 Å². The molecule has 5 heteroatoms. The molecule has 0 saturated carbocycles. The van der Waals surface area contributed by atoms with Gasteiger partial charge in [0.25, 0.3) is 0 Å². The Morgan fingerprint density at radius 1 is 1.33 bits per heavy atom. The average Bonchev–Trinajstić information content (AvgIpc) is 2.39. The van der Waals surface area contributed by atoms with Crippen molar-refractivity contribution in [1.82, 2.24) is 9.80 Å². The molecule has 18 heavy (non-hydrogen) atoms. The average molecular weight is 269 g/mol. The molecular formula is C13H17ClN2O2. The van der Waals surface area contributed by atoms with Gasteiger partial charge in [0.1, 0.15) is 0 Å². The summed E-state index contributed by atoms with van der Waals surface area (Å²) in [6, 6.07) is 7.29. The van der Waals surface area contributed by atoms with Crippen molar-refractivity contribution in [2.75, 3.05) is 32.7 Å². The molecule has 4 nitrogen and oxygen atoms in total. The largest absolute Gasteiger partial charge is 0.387 e. The minimum atomic E-state index is -0.536. The molecule has 1 heterocycles. The Labute approximate surface area is 112 Å². The fourth-order valence-corrected chi connectivity index (χ4v) is 2.31. The number of β-amino-alcohol motifs (C(OH)–C–C–N with tert-alkyl or cyclic N) is 1. The fraction of sp³-hybridized carbons (Fsp3) is 0.462. The molecule has 0 radical (unpaired) electrons. The molecule has 1 atom stereocenters. The lowest BCUT2D eigenvalue weighted by Gasteiger charge is -2.33. The highest BCUT2D eigenvalue weighted by Gasteiger charge is 2.18. The minimum absolute atomic E-state index is 0.536. The van der Waals surface area contributed by atoms with E-state index in [1.165, 1.54) is 0 Å². The zero-order valence-electron chi connectivity index (χ0n) is 10.1. The molecule has 0 bridgehead atoms. The van der Waals surface area contributed by atoms with Gasteiger partial charge in [0, 0.05) is 37.7 Å². The number of benzene rings is 1. The molecule has 1 aromatic rings. The Bertz CT molecular complexity index is 406. The number of amides is 1. The van der Waals surface area contributed by atoms with Gasteiger partial charge in [-0.3, -0.25) is 9.69 Å². The van der Waals surface area contributed by atoms with Crippen LogP contribution in [0.1, 0.15) is 11.7 Å². The van der Waals surface area contributed by atoms with Crippen LogP contribution in [0.5, 0.6) is 0 Å². The number of nitrogens with zero attached hydrogens (tertiary/aromatic N) is 2. The summed E-state index contributed by atoms with van der Waals surface area (Å²) < 4.78 is 0. The first kappa shape index (κ1) is 13.3. The molecular weight excluding hydrogens is 252 g/mol. The Balaban J connectivity index is 1.88. The zero-order chi connectivity index (χ0) is 13.0. The lowest BCUT2D eigenvalue weighted by molar-refractivity contribution is -0.119. The van der Waals surface area contributed by atoms with Crippen LogP contribution in [-0.2, 0) is 4.79 Å². The Morgan fingerprint density at radius 3 is 2.67 bits per heavy atom. The van der Waals surface area contributed by atoms with E-state index in [1.807, 2.05) is 12.1 Å². The quantitative estimate of drug-likeness (QED) is 0.833. The van der Waals surface area contributed by atoms with Gasteiger partial charge in [-0.05, 0) is 17.7 Å². The van der Waals surface area contributed by atoms with Crippen LogP contribution in [0.3, 0.4) is 0 Å². The number of hydrogen-bond acceptors (Lipinski definition) is 3. The molecule has 1 aliphatic heterocycles. The summed E-state index contributed by atoms with van der Waals surface area (Å²) in [6.45, 7) is 3.64. The standard InChI is InChI=1S/C13H17ClN2O2/c14-12-3-1-2-11(8-12)13(18)9-15-4-6-16(10-17)7-5-15/h1-3,8,10,13,18H,4-7,9H2. The fourth-order valence-electron chi connectivity index (χ4n) is 2.12. The van der Waals surface area contributed by atoms with E-state index in [9.17, 15) is 9.90 Å². The van der Waals surface area contributed by atoms with Crippen LogP contribution >= 0.6 is 11.6 Å². The second-order valence-corrected chi connectivity index (χ2v) is 4.95. The molecule has 0 aliphatic carbocycles. The number of rotatable bonds is 4. The van der Waals surface area contributed by atoms with E-state index in [0.717, 1.165) is 38.2 Å². The van der Waals surface area contributed by atoms with Crippen LogP contribution in [0.25, 0.3) is 0 Å². The summed E-state index contributed by atoms with van der Waals surface area (Å²) in [5.74, 6) is 0. The van der Waals surface area contributed by atoms with Crippen molar-refractivity contribution in [3.8, 4) is 0 Å². The van der Waals surface area contributed by atoms with Gasteiger partial charge in [0.05, 0.1) is 6.10 Å². The molecule has 1 aromatic carbocycles. The lowest BCUT2D eigenvalue weighted by Crippen LogP contribution is -2.46. The van der Waals surface area contributed by atoms with E-state index in [0.29, 0.717) is 11.6 Å². The maximum atomic E-state index is 10.6. The molecule has 2 rings (SSSR count). The molecule has 1 fully saturated rings. The molecule has 1 unspecified atom stereocenters. The molecule has 0 aromatic heterocycles. The third kappa shape index (κ3) is 3.45. The highest BCUT2D eigenvalue weighted by Crippen LogP contribution is 2.19. The van der Waals surface area contributed by atoms with Crippen LogP contribution in [0.4, 0.5) is 0 Å². The zero-order valence-corrected chi connectivity index (χ0v) is 10.9. The Kier molecular flexibility index (Phi) is 4.58. The van der Waals surface area contributed by atoms with Gasteiger partial charge >= 0.3 is 0 Å². The van der Waals surface area contributed by atoms with E-state index < -0.39 is 6.10 Å². The van der Waals surface area contributed by atoms with E-state index in [2.05, 4.69) is 4.90 Å². The summed E-state index contributed by atoms with van der Waals surface area (Å²) in [6.07, 6.45) is 0.344. The van der Waals surface area contributed by atoms with Crippen molar-refractivity contribution in [3.63, 3.8) is 0 Å². The molecule has 1 saturated heterocycles. The molecule has 1 aliphatic rings. The first-order valence-corrected chi connectivity index (χ1v) is 6.42.